The predicted octanol–water partition coefficient (Wildman–Crippen LogP) is 12.1. The first-order valence-electron chi connectivity index (χ1n) is 18.0. The van der Waals surface area contributed by atoms with Gasteiger partial charge in [-0.25, -0.2) is 24.9 Å². The molecule has 10 rings (SSSR count). The van der Waals surface area contributed by atoms with Crippen LogP contribution in [0.1, 0.15) is 0 Å². The van der Waals surface area contributed by atoms with Crippen molar-refractivity contribution in [3.05, 3.63) is 188 Å². The second-order valence-corrected chi connectivity index (χ2v) is 13.2. The fourth-order valence-electron chi connectivity index (χ4n) is 7.33. The summed E-state index contributed by atoms with van der Waals surface area (Å²) in [7, 11) is 0. The zero-order valence-electron chi connectivity index (χ0n) is 29.1. The lowest BCUT2D eigenvalue weighted by atomic mass is 9.94. The van der Waals surface area contributed by atoms with E-state index in [4.69, 9.17) is 24.9 Å². The topological polar surface area (TPSA) is 64.5 Å². The number of benzene rings is 7. The first-order chi connectivity index (χ1) is 26.8. The van der Waals surface area contributed by atoms with Gasteiger partial charge in [0.05, 0.1) is 45.0 Å². The van der Waals surface area contributed by atoms with Gasteiger partial charge in [0.1, 0.15) is 0 Å². The summed E-state index contributed by atoms with van der Waals surface area (Å²) in [6.07, 6.45) is 0. The van der Waals surface area contributed by atoms with E-state index in [2.05, 4.69) is 109 Å². The quantitative estimate of drug-likeness (QED) is 0.163. The molecular weight excluding hydrogens is 659 g/mol. The summed E-state index contributed by atoms with van der Waals surface area (Å²) in [5.41, 5.74) is 12.7. The fourth-order valence-corrected chi connectivity index (χ4v) is 7.33. The second kappa shape index (κ2) is 13.3. The van der Waals surface area contributed by atoms with E-state index in [9.17, 15) is 0 Å². The summed E-state index contributed by atoms with van der Waals surface area (Å²) in [4.78, 5) is 26.4. The van der Waals surface area contributed by atoms with Crippen molar-refractivity contribution in [3.63, 3.8) is 0 Å². The van der Waals surface area contributed by atoms with Gasteiger partial charge in [0.2, 0.25) is 0 Å². The van der Waals surface area contributed by atoms with Gasteiger partial charge in [-0.3, -0.25) is 0 Å². The van der Waals surface area contributed by atoms with E-state index in [1.54, 1.807) is 0 Å². The minimum Gasteiger partial charge on any atom is -0.247 e. The van der Waals surface area contributed by atoms with E-state index in [1.807, 2.05) is 78.9 Å². The Hall–Kier alpha value is -7.37. The molecule has 3 heterocycles. The minimum absolute atomic E-state index is 0.669. The van der Waals surface area contributed by atoms with Gasteiger partial charge in [-0.15, -0.1) is 0 Å². The summed E-state index contributed by atoms with van der Waals surface area (Å²) < 4.78 is 0. The Morgan fingerprint density at radius 3 is 1.50 bits per heavy atom. The van der Waals surface area contributed by atoms with Gasteiger partial charge in [-0.1, -0.05) is 164 Å². The zero-order chi connectivity index (χ0) is 35.8. The standard InChI is InChI=1S/C49H31N5/c1-5-17-32(18-6-1)42-31-43(53-49(52-42)35-23-11-4-12-24-35)36-25-13-14-26-37(36)47-39-29-30-41-48(44(39)38-27-15-16-28-40(38)50-47)54-46(34-21-9-3-10-22-34)45(51-41)33-19-7-2-8-20-33/h1-31H. The molecule has 0 spiro atoms. The van der Waals surface area contributed by atoms with E-state index >= 15 is 0 Å². The molecule has 0 N–H and O–H groups in total. The summed E-state index contributed by atoms with van der Waals surface area (Å²) in [6.45, 7) is 0. The van der Waals surface area contributed by atoms with Crippen LogP contribution in [0.25, 0.3) is 100 Å². The lowest BCUT2D eigenvalue weighted by Gasteiger charge is -2.17. The Labute approximate surface area is 312 Å². The maximum Gasteiger partial charge on any atom is 0.160 e. The van der Waals surface area contributed by atoms with Crippen LogP contribution in [-0.2, 0) is 0 Å². The average molecular weight is 690 g/mol. The Bertz CT molecular complexity index is 2910. The molecule has 0 saturated heterocycles. The molecule has 7 aromatic carbocycles. The van der Waals surface area contributed by atoms with Crippen molar-refractivity contribution in [1.82, 2.24) is 24.9 Å². The highest BCUT2D eigenvalue weighted by Gasteiger charge is 2.21. The maximum absolute atomic E-state index is 5.49. The van der Waals surface area contributed by atoms with E-state index in [1.165, 1.54) is 0 Å². The molecule has 0 unspecified atom stereocenters. The van der Waals surface area contributed by atoms with Crippen LogP contribution in [0.5, 0.6) is 0 Å². The molecule has 0 amide bonds. The number of rotatable bonds is 6. The Balaban J connectivity index is 1.25. The highest BCUT2D eigenvalue weighted by molar-refractivity contribution is 6.21. The maximum atomic E-state index is 5.49. The number of aromatic nitrogens is 5. The molecule has 252 valence electrons. The van der Waals surface area contributed by atoms with Crippen LogP contribution in [-0.4, -0.2) is 24.9 Å². The second-order valence-electron chi connectivity index (χ2n) is 13.2. The molecule has 0 aliphatic carbocycles. The highest BCUT2D eigenvalue weighted by atomic mass is 14.9. The smallest absolute Gasteiger partial charge is 0.160 e. The molecule has 5 heteroatoms. The normalized spacial score (nSPS) is 11.3. The van der Waals surface area contributed by atoms with Gasteiger partial charge in [0.15, 0.2) is 5.82 Å². The molecule has 3 aromatic heterocycles. The van der Waals surface area contributed by atoms with Gasteiger partial charge in [-0.05, 0) is 24.3 Å². The number of para-hydroxylation sites is 1. The van der Waals surface area contributed by atoms with E-state index in [0.717, 1.165) is 94.6 Å². The predicted molar refractivity (Wildman–Crippen MR) is 221 cm³/mol. The average Bonchev–Trinajstić information content (AvgIpc) is 3.26. The molecule has 54 heavy (non-hydrogen) atoms. The van der Waals surface area contributed by atoms with Crippen molar-refractivity contribution in [1.29, 1.82) is 0 Å². The van der Waals surface area contributed by atoms with Crippen LogP contribution in [0.15, 0.2) is 188 Å². The highest BCUT2D eigenvalue weighted by Crippen LogP contribution is 2.41. The van der Waals surface area contributed by atoms with Crippen LogP contribution in [0.3, 0.4) is 0 Å². The molecule has 0 saturated carbocycles. The molecule has 0 radical (unpaired) electrons. The number of hydrogen-bond donors (Lipinski definition) is 0. The van der Waals surface area contributed by atoms with Crippen molar-refractivity contribution < 1.29 is 0 Å². The Morgan fingerprint density at radius 2 is 0.815 bits per heavy atom. The van der Waals surface area contributed by atoms with Crippen molar-refractivity contribution >= 4 is 32.7 Å². The summed E-state index contributed by atoms with van der Waals surface area (Å²) in [6, 6.07) is 64.1. The summed E-state index contributed by atoms with van der Waals surface area (Å²) >= 11 is 0. The van der Waals surface area contributed by atoms with Gasteiger partial charge < -0.3 is 0 Å². The van der Waals surface area contributed by atoms with Gasteiger partial charge >= 0.3 is 0 Å². The molecule has 10 aromatic rings. The SMILES string of the molecule is c1ccc(-c2cc(-c3ccccc3-c3nc4ccccc4c4c3ccc3nc(-c5ccccc5)c(-c5ccccc5)nc34)nc(-c3ccccc3)n2)cc1. The van der Waals surface area contributed by atoms with Crippen LogP contribution < -0.4 is 0 Å². The zero-order valence-corrected chi connectivity index (χ0v) is 29.1. The molecule has 0 aliphatic heterocycles. The molecule has 0 aliphatic rings. The molecule has 0 bridgehead atoms. The van der Waals surface area contributed by atoms with E-state index < -0.39 is 0 Å². The van der Waals surface area contributed by atoms with Crippen LogP contribution in [0, 0.1) is 0 Å². The summed E-state index contributed by atoms with van der Waals surface area (Å²) in [5, 5.41) is 3.04. The van der Waals surface area contributed by atoms with E-state index in [0.29, 0.717) is 5.82 Å². The van der Waals surface area contributed by atoms with Crippen molar-refractivity contribution in [2.75, 3.05) is 0 Å². The molecular formula is C49H31N5. The minimum atomic E-state index is 0.669. The number of hydrogen-bond acceptors (Lipinski definition) is 5. The monoisotopic (exact) mass is 689 g/mol. The summed E-state index contributed by atoms with van der Waals surface area (Å²) in [5.74, 6) is 0.669. The molecule has 5 nitrogen and oxygen atoms in total. The third kappa shape index (κ3) is 5.56. The van der Waals surface area contributed by atoms with Gasteiger partial charge in [-0.2, -0.15) is 0 Å². The van der Waals surface area contributed by atoms with Crippen LogP contribution >= 0.6 is 0 Å². The first-order valence-corrected chi connectivity index (χ1v) is 18.0. The van der Waals surface area contributed by atoms with Crippen molar-refractivity contribution in [2.45, 2.75) is 0 Å². The third-order valence-corrected chi connectivity index (χ3v) is 9.88. The fraction of sp³-hybridized carbons (Fsp3) is 0. The van der Waals surface area contributed by atoms with Gasteiger partial charge in [0, 0.05) is 49.5 Å². The Kier molecular flexibility index (Phi) is 7.73. The van der Waals surface area contributed by atoms with Crippen molar-refractivity contribution in [2.24, 2.45) is 0 Å². The number of fused-ring (bicyclic) bond motifs is 5. The number of nitrogens with zero attached hydrogens (tertiary/aromatic N) is 5. The third-order valence-electron chi connectivity index (χ3n) is 9.88. The van der Waals surface area contributed by atoms with Gasteiger partial charge in [0.25, 0.3) is 0 Å². The first kappa shape index (κ1) is 31.4. The lowest BCUT2D eigenvalue weighted by molar-refractivity contribution is 1.18. The lowest BCUT2D eigenvalue weighted by Crippen LogP contribution is -1.99. The largest absolute Gasteiger partial charge is 0.247 e. The van der Waals surface area contributed by atoms with Crippen LogP contribution in [0.2, 0.25) is 0 Å². The van der Waals surface area contributed by atoms with Crippen molar-refractivity contribution in [3.8, 4) is 67.7 Å². The number of pyridine rings is 1. The molecule has 0 fully saturated rings. The van der Waals surface area contributed by atoms with E-state index in [-0.39, 0.29) is 0 Å². The van der Waals surface area contributed by atoms with Crippen LogP contribution in [0.4, 0.5) is 0 Å². The Morgan fingerprint density at radius 1 is 0.296 bits per heavy atom. The molecule has 0 atom stereocenters.